The quantitative estimate of drug-likeness (QED) is 0.694. The molecule has 150 valence electrons. The van der Waals surface area contributed by atoms with Crippen molar-refractivity contribution in [1.82, 2.24) is 10.1 Å². The minimum atomic E-state index is -0.504. The molecule has 1 aromatic carbocycles. The summed E-state index contributed by atoms with van der Waals surface area (Å²) in [4.78, 5) is 37.5. The van der Waals surface area contributed by atoms with E-state index in [0.29, 0.717) is 17.3 Å². The molecule has 2 rings (SSSR count). The van der Waals surface area contributed by atoms with Gasteiger partial charge in [0.15, 0.2) is 5.82 Å². The molecular weight excluding hydrogens is 387 g/mol. The van der Waals surface area contributed by atoms with Crippen LogP contribution in [0, 0.1) is 12.7 Å². The van der Waals surface area contributed by atoms with Crippen molar-refractivity contribution >= 4 is 41.0 Å². The van der Waals surface area contributed by atoms with Gasteiger partial charge in [-0.05, 0) is 32.0 Å². The van der Waals surface area contributed by atoms with Crippen LogP contribution in [0.1, 0.15) is 12.7 Å². The Bertz CT molecular complexity index is 858. The summed E-state index contributed by atoms with van der Waals surface area (Å²) in [6.45, 7) is 3.19. The van der Waals surface area contributed by atoms with Crippen LogP contribution in [0.3, 0.4) is 0 Å². The van der Waals surface area contributed by atoms with E-state index >= 15 is 0 Å². The molecule has 2 aromatic rings. The molecule has 0 saturated heterocycles. The summed E-state index contributed by atoms with van der Waals surface area (Å²) in [5, 5.41) is 8.29. The monoisotopic (exact) mass is 408 g/mol. The van der Waals surface area contributed by atoms with Gasteiger partial charge in [0, 0.05) is 18.8 Å². The number of hydrogen-bond donors (Lipinski definition) is 2. The summed E-state index contributed by atoms with van der Waals surface area (Å²) >= 11 is 1.14. The lowest BCUT2D eigenvalue weighted by Gasteiger charge is -2.18. The molecule has 0 aliphatic rings. The number of hydrogen-bond acceptors (Lipinski definition) is 6. The Hall–Kier alpha value is -2.88. The van der Waals surface area contributed by atoms with Gasteiger partial charge in [0.25, 0.3) is 0 Å². The molecule has 0 saturated carbocycles. The van der Waals surface area contributed by atoms with Crippen LogP contribution in [-0.4, -0.2) is 52.4 Å². The first-order chi connectivity index (χ1) is 13.2. The van der Waals surface area contributed by atoms with Crippen LogP contribution in [0.15, 0.2) is 34.9 Å². The molecule has 0 aliphatic heterocycles. The largest absolute Gasteiger partial charge is 0.360 e. The number of anilines is 2. The topological polar surface area (TPSA) is 105 Å². The summed E-state index contributed by atoms with van der Waals surface area (Å²) in [7, 11) is 1.48. The van der Waals surface area contributed by atoms with Gasteiger partial charge in [-0.1, -0.05) is 11.2 Å². The molecule has 0 spiro atoms. The van der Waals surface area contributed by atoms with E-state index < -0.39 is 17.0 Å². The predicted molar refractivity (Wildman–Crippen MR) is 104 cm³/mol. The summed E-state index contributed by atoms with van der Waals surface area (Å²) in [5.74, 6) is -0.619. The van der Waals surface area contributed by atoms with E-state index in [4.69, 9.17) is 4.52 Å². The van der Waals surface area contributed by atoms with Crippen molar-refractivity contribution in [3.63, 3.8) is 0 Å². The SMILES string of the molecule is Cc1cc(NC(=O)C(C)SCC(=O)N(C)CC(=O)Nc2cccc(F)c2)no1. The van der Waals surface area contributed by atoms with Crippen LogP contribution >= 0.6 is 11.8 Å². The van der Waals surface area contributed by atoms with E-state index in [2.05, 4.69) is 15.8 Å². The van der Waals surface area contributed by atoms with Gasteiger partial charge in [-0.25, -0.2) is 4.39 Å². The first-order valence-electron chi connectivity index (χ1n) is 8.39. The van der Waals surface area contributed by atoms with Gasteiger partial charge >= 0.3 is 0 Å². The van der Waals surface area contributed by atoms with Crippen LogP contribution in [0.2, 0.25) is 0 Å². The Balaban J connectivity index is 1.75. The van der Waals surface area contributed by atoms with E-state index in [1.807, 2.05) is 0 Å². The van der Waals surface area contributed by atoms with Gasteiger partial charge in [0.2, 0.25) is 17.7 Å². The van der Waals surface area contributed by atoms with Crippen molar-refractivity contribution in [1.29, 1.82) is 0 Å². The maximum Gasteiger partial charge on any atom is 0.243 e. The third kappa shape index (κ3) is 6.69. The van der Waals surface area contributed by atoms with Crippen molar-refractivity contribution in [3.8, 4) is 0 Å². The third-order valence-electron chi connectivity index (χ3n) is 3.62. The van der Waals surface area contributed by atoms with E-state index in [-0.39, 0.29) is 24.1 Å². The minimum Gasteiger partial charge on any atom is -0.360 e. The molecule has 1 aromatic heterocycles. The molecule has 0 aliphatic carbocycles. The van der Waals surface area contributed by atoms with Crippen LogP contribution in [0.5, 0.6) is 0 Å². The van der Waals surface area contributed by atoms with Gasteiger partial charge in [-0.2, -0.15) is 0 Å². The highest BCUT2D eigenvalue weighted by molar-refractivity contribution is 8.01. The second-order valence-electron chi connectivity index (χ2n) is 6.07. The number of rotatable bonds is 8. The number of thioether (sulfide) groups is 1. The predicted octanol–water partition coefficient (Wildman–Crippen LogP) is 2.28. The molecule has 0 fully saturated rings. The van der Waals surface area contributed by atoms with E-state index in [9.17, 15) is 18.8 Å². The van der Waals surface area contributed by atoms with Crippen molar-refractivity contribution < 1.29 is 23.3 Å². The molecule has 10 heteroatoms. The molecular formula is C18H21FN4O4S. The number of benzene rings is 1. The van der Waals surface area contributed by atoms with Crippen LogP contribution in [-0.2, 0) is 14.4 Å². The zero-order chi connectivity index (χ0) is 20.7. The smallest absolute Gasteiger partial charge is 0.243 e. The van der Waals surface area contributed by atoms with E-state index in [1.165, 1.54) is 30.1 Å². The van der Waals surface area contributed by atoms with Crippen LogP contribution < -0.4 is 10.6 Å². The number of aryl methyl sites for hydroxylation is 1. The molecule has 8 nitrogen and oxygen atoms in total. The fourth-order valence-corrected chi connectivity index (χ4v) is 2.93. The highest BCUT2D eigenvalue weighted by Crippen LogP contribution is 2.15. The molecule has 1 unspecified atom stereocenters. The van der Waals surface area contributed by atoms with Gasteiger partial charge < -0.3 is 20.1 Å². The summed E-state index contributed by atoms with van der Waals surface area (Å²) in [5.41, 5.74) is 0.314. The van der Waals surface area contributed by atoms with Crippen molar-refractivity contribution in [2.75, 3.05) is 30.0 Å². The molecule has 28 heavy (non-hydrogen) atoms. The summed E-state index contributed by atoms with van der Waals surface area (Å²) in [6, 6.07) is 7.07. The fourth-order valence-electron chi connectivity index (χ4n) is 2.11. The second kappa shape index (κ2) is 9.88. The molecule has 1 heterocycles. The Morgan fingerprint density at radius 3 is 2.68 bits per heavy atom. The zero-order valence-electron chi connectivity index (χ0n) is 15.7. The highest BCUT2D eigenvalue weighted by atomic mass is 32.2. The molecule has 0 bridgehead atoms. The second-order valence-corrected chi connectivity index (χ2v) is 7.40. The summed E-state index contributed by atoms with van der Waals surface area (Å²) in [6.07, 6.45) is 0. The van der Waals surface area contributed by atoms with Crippen LogP contribution in [0.25, 0.3) is 0 Å². The van der Waals surface area contributed by atoms with Crippen molar-refractivity contribution in [3.05, 3.63) is 41.9 Å². The number of carbonyl (C=O) groups is 3. The van der Waals surface area contributed by atoms with Gasteiger partial charge in [0.1, 0.15) is 11.6 Å². The maximum atomic E-state index is 13.1. The molecule has 2 N–H and O–H groups in total. The number of likely N-dealkylation sites (N-methyl/N-ethyl adjacent to an activating group) is 1. The number of nitrogens with one attached hydrogen (secondary N) is 2. The Morgan fingerprint density at radius 1 is 1.29 bits per heavy atom. The number of halogens is 1. The average Bonchev–Trinajstić information content (AvgIpc) is 3.03. The standard InChI is InChI=1S/C18H21FN4O4S/c1-11-7-15(22-27-11)21-18(26)12(2)28-10-17(25)23(3)9-16(24)20-14-6-4-5-13(19)8-14/h4-8,12H,9-10H2,1-3H3,(H,20,24)(H,21,22,26). The van der Waals surface area contributed by atoms with Crippen molar-refractivity contribution in [2.24, 2.45) is 0 Å². The molecule has 0 radical (unpaired) electrons. The van der Waals surface area contributed by atoms with E-state index in [0.717, 1.165) is 11.8 Å². The maximum absolute atomic E-state index is 13.1. The van der Waals surface area contributed by atoms with Gasteiger partial charge in [0.05, 0.1) is 17.5 Å². The van der Waals surface area contributed by atoms with Gasteiger partial charge in [-0.15, -0.1) is 11.8 Å². The summed E-state index contributed by atoms with van der Waals surface area (Å²) < 4.78 is 18.0. The first kappa shape index (κ1) is 21.4. The minimum absolute atomic E-state index is 0.0240. The number of aromatic nitrogens is 1. The Kier molecular flexibility index (Phi) is 7.56. The lowest BCUT2D eigenvalue weighted by Crippen LogP contribution is -2.36. The normalized spacial score (nSPS) is 11.6. The zero-order valence-corrected chi connectivity index (χ0v) is 16.5. The fraction of sp³-hybridized carbons (Fsp3) is 0.333. The Labute approximate surface area is 165 Å². The molecule has 3 amide bonds. The van der Waals surface area contributed by atoms with Gasteiger partial charge in [-0.3, -0.25) is 14.4 Å². The number of nitrogens with zero attached hydrogens (tertiary/aromatic N) is 2. The number of carbonyl (C=O) groups excluding carboxylic acids is 3. The Morgan fingerprint density at radius 2 is 2.04 bits per heavy atom. The van der Waals surface area contributed by atoms with Crippen LogP contribution in [0.4, 0.5) is 15.9 Å². The highest BCUT2D eigenvalue weighted by Gasteiger charge is 2.19. The lowest BCUT2D eigenvalue weighted by molar-refractivity contribution is -0.131. The number of amides is 3. The first-order valence-corrected chi connectivity index (χ1v) is 9.44. The third-order valence-corrected chi connectivity index (χ3v) is 4.75. The lowest BCUT2D eigenvalue weighted by atomic mass is 10.3. The average molecular weight is 408 g/mol. The van der Waals surface area contributed by atoms with E-state index in [1.54, 1.807) is 26.0 Å². The van der Waals surface area contributed by atoms with Crippen molar-refractivity contribution in [2.45, 2.75) is 19.1 Å². The molecule has 1 atom stereocenters.